The number of benzene rings is 3. The fourth-order valence-corrected chi connectivity index (χ4v) is 6.69. The SMILES string of the molecule is Cc1cc(OCC2(CC(=O)N(C)Cc3ccccc3)CCN(C(=O)C3(c4ccc(F)cc4)CCCC3)CC2)ccc1Cl. The van der Waals surface area contributed by atoms with Crippen LogP contribution in [-0.4, -0.2) is 48.4 Å². The maximum absolute atomic E-state index is 14.1. The Morgan fingerprint density at radius 1 is 0.952 bits per heavy atom. The summed E-state index contributed by atoms with van der Waals surface area (Å²) in [6, 6.07) is 22.0. The molecule has 0 atom stereocenters. The summed E-state index contributed by atoms with van der Waals surface area (Å²) in [7, 11) is 1.84. The molecule has 3 aromatic carbocycles. The lowest BCUT2D eigenvalue weighted by Crippen LogP contribution is -2.52. The van der Waals surface area contributed by atoms with Gasteiger partial charge in [0.2, 0.25) is 11.8 Å². The minimum Gasteiger partial charge on any atom is -0.493 e. The highest BCUT2D eigenvalue weighted by molar-refractivity contribution is 6.31. The van der Waals surface area contributed by atoms with E-state index in [0.29, 0.717) is 50.5 Å². The van der Waals surface area contributed by atoms with E-state index in [1.807, 2.05) is 67.4 Å². The molecule has 0 unspecified atom stereocenters. The third kappa shape index (κ3) is 6.64. The van der Waals surface area contributed by atoms with Crippen LogP contribution < -0.4 is 4.74 Å². The number of nitrogens with zero attached hydrogens (tertiary/aromatic N) is 2. The number of carbonyl (C=O) groups is 2. The molecule has 0 radical (unpaired) electrons. The lowest BCUT2D eigenvalue weighted by molar-refractivity contribution is -0.141. The van der Waals surface area contributed by atoms with Gasteiger partial charge >= 0.3 is 0 Å². The quantitative estimate of drug-likeness (QED) is 0.262. The smallest absolute Gasteiger partial charge is 0.233 e. The first kappa shape index (κ1) is 30.1. The van der Waals surface area contributed by atoms with E-state index in [-0.39, 0.29) is 17.6 Å². The first-order valence-corrected chi connectivity index (χ1v) is 15.3. The zero-order valence-corrected chi connectivity index (χ0v) is 25.3. The zero-order valence-electron chi connectivity index (χ0n) is 24.6. The molecule has 0 bridgehead atoms. The molecule has 2 fully saturated rings. The van der Waals surface area contributed by atoms with Gasteiger partial charge in [-0.15, -0.1) is 0 Å². The summed E-state index contributed by atoms with van der Waals surface area (Å²) in [5.74, 6) is 0.621. The number of aryl methyl sites for hydroxylation is 1. The molecule has 1 aliphatic carbocycles. The Kier molecular flexibility index (Phi) is 9.22. The molecule has 42 heavy (non-hydrogen) atoms. The fraction of sp³-hybridized carbons (Fsp3) is 0.429. The molecule has 3 aromatic rings. The topological polar surface area (TPSA) is 49.9 Å². The lowest BCUT2D eigenvalue weighted by atomic mass is 9.73. The van der Waals surface area contributed by atoms with Crippen LogP contribution in [0.4, 0.5) is 4.39 Å². The summed E-state index contributed by atoms with van der Waals surface area (Å²) in [4.78, 5) is 31.4. The van der Waals surface area contributed by atoms with E-state index >= 15 is 0 Å². The van der Waals surface area contributed by atoms with Gasteiger partial charge in [-0.25, -0.2) is 4.39 Å². The third-order valence-electron chi connectivity index (χ3n) is 9.26. The maximum atomic E-state index is 14.1. The van der Waals surface area contributed by atoms with Crippen LogP contribution in [0.25, 0.3) is 0 Å². The van der Waals surface area contributed by atoms with Gasteiger partial charge in [0, 0.05) is 43.5 Å². The molecule has 2 amide bonds. The van der Waals surface area contributed by atoms with Crippen molar-refractivity contribution in [2.24, 2.45) is 5.41 Å². The number of piperidine rings is 1. The first-order valence-electron chi connectivity index (χ1n) is 14.9. The van der Waals surface area contributed by atoms with Gasteiger partial charge in [0.1, 0.15) is 11.6 Å². The minimum absolute atomic E-state index is 0.0630. The van der Waals surface area contributed by atoms with E-state index in [4.69, 9.17) is 16.3 Å². The zero-order chi connectivity index (χ0) is 29.7. The largest absolute Gasteiger partial charge is 0.493 e. The molecule has 0 spiro atoms. The van der Waals surface area contributed by atoms with Crippen molar-refractivity contribution in [2.45, 2.75) is 63.8 Å². The molecular formula is C35H40ClFN2O3. The molecule has 2 aliphatic rings. The summed E-state index contributed by atoms with van der Waals surface area (Å²) < 4.78 is 20.0. The van der Waals surface area contributed by atoms with Crippen molar-refractivity contribution >= 4 is 23.4 Å². The third-order valence-corrected chi connectivity index (χ3v) is 9.69. The Balaban J connectivity index is 1.32. The van der Waals surface area contributed by atoms with Gasteiger partial charge in [0.05, 0.1) is 12.0 Å². The van der Waals surface area contributed by atoms with Gasteiger partial charge in [-0.1, -0.05) is 66.9 Å². The van der Waals surface area contributed by atoms with Gasteiger partial charge in [0.15, 0.2) is 0 Å². The second-order valence-electron chi connectivity index (χ2n) is 12.2. The summed E-state index contributed by atoms with van der Waals surface area (Å²) >= 11 is 6.23. The second kappa shape index (κ2) is 12.9. The van der Waals surface area contributed by atoms with E-state index in [0.717, 1.165) is 48.1 Å². The van der Waals surface area contributed by atoms with Crippen LogP contribution in [-0.2, 0) is 21.5 Å². The monoisotopic (exact) mass is 590 g/mol. The number of carbonyl (C=O) groups excluding carboxylic acids is 2. The Morgan fingerprint density at radius 2 is 1.62 bits per heavy atom. The number of hydrogen-bond acceptors (Lipinski definition) is 3. The fourth-order valence-electron chi connectivity index (χ4n) is 6.58. The van der Waals surface area contributed by atoms with Crippen molar-refractivity contribution < 1.29 is 18.7 Å². The van der Waals surface area contributed by atoms with Crippen LogP contribution in [0.1, 0.15) is 61.6 Å². The predicted molar refractivity (Wildman–Crippen MR) is 164 cm³/mol. The van der Waals surface area contributed by atoms with Crippen LogP contribution in [0, 0.1) is 18.2 Å². The van der Waals surface area contributed by atoms with Crippen LogP contribution in [0.15, 0.2) is 72.8 Å². The van der Waals surface area contributed by atoms with E-state index in [9.17, 15) is 14.0 Å². The predicted octanol–water partition coefficient (Wildman–Crippen LogP) is 7.34. The number of amides is 2. The molecule has 1 saturated heterocycles. The molecule has 5 nitrogen and oxygen atoms in total. The van der Waals surface area contributed by atoms with Crippen LogP contribution >= 0.6 is 11.6 Å². The Labute approximate surface area is 253 Å². The summed E-state index contributed by atoms with van der Waals surface area (Å²) in [5, 5.41) is 0.684. The number of halogens is 2. The minimum atomic E-state index is -0.600. The molecule has 0 aromatic heterocycles. The van der Waals surface area contributed by atoms with Crippen molar-refractivity contribution in [1.29, 1.82) is 0 Å². The normalized spacial score (nSPS) is 17.6. The van der Waals surface area contributed by atoms with Crippen LogP contribution in [0.2, 0.25) is 5.02 Å². The first-order chi connectivity index (χ1) is 20.2. The van der Waals surface area contributed by atoms with E-state index in [1.165, 1.54) is 12.1 Å². The Hall–Kier alpha value is -3.38. The van der Waals surface area contributed by atoms with Gasteiger partial charge in [-0.3, -0.25) is 9.59 Å². The number of hydrogen-bond donors (Lipinski definition) is 0. The maximum Gasteiger partial charge on any atom is 0.233 e. The van der Waals surface area contributed by atoms with Crippen molar-refractivity contribution in [3.8, 4) is 5.75 Å². The average Bonchev–Trinajstić information content (AvgIpc) is 3.50. The van der Waals surface area contributed by atoms with Crippen molar-refractivity contribution in [1.82, 2.24) is 9.80 Å². The second-order valence-corrected chi connectivity index (χ2v) is 12.6. The summed E-state index contributed by atoms with van der Waals surface area (Å²) in [5.41, 5.74) is 1.91. The highest BCUT2D eigenvalue weighted by Crippen LogP contribution is 2.45. The standard InChI is InChI=1S/C35H40ClFN2O3/c1-26-22-30(14-15-31(26)36)42-25-34(23-32(40)38(2)24-27-8-4-3-5-9-27)18-20-39(21-19-34)33(41)35(16-6-7-17-35)28-10-12-29(37)13-11-28/h3-5,8-15,22H,6-7,16-21,23-25H2,1-2H3. The molecule has 1 saturated carbocycles. The molecule has 222 valence electrons. The van der Waals surface area contributed by atoms with E-state index in [1.54, 1.807) is 17.0 Å². The summed E-state index contributed by atoms with van der Waals surface area (Å²) in [6.45, 7) is 3.97. The average molecular weight is 591 g/mol. The van der Waals surface area contributed by atoms with Gasteiger partial charge in [-0.05, 0) is 79.6 Å². The number of ether oxygens (including phenoxy) is 1. The number of likely N-dealkylation sites (tertiary alicyclic amines) is 1. The summed E-state index contributed by atoms with van der Waals surface area (Å²) in [6.07, 6.45) is 5.19. The van der Waals surface area contributed by atoms with Crippen LogP contribution in [0.3, 0.4) is 0 Å². The Morgan fingerprint density at radius 3 is 2.26 bits per heavy atom. The van der Waals surface area contributed by atoms with Crippen molar-refractivity contribution in [3.63, 3.8) is 0 Å². The highest BCUT2D eigenvalue weighted by atomic mass is 35.5. The highest BCUT2D eigenvalue weighted by Gasteiger charge is 2.47. The van der Waals surface area contributed by atoms with Gasteiger partial charge < -0.3 is 14.5 Å². The van der Waals surface area contributed by atoms with Crippen molar-refractivity contribution in [3.05, 3.63) is 100 Å². The molecule has 7 heteroatoms. The molecule has 0 N–H and O–H groups in total. The van der Waals surface area contributed by atoms with Gasteiger partial charge in [-0.2, -0.15) is 0 Å². The molecule has 1 aliphatic heterocycles. The molecule has 1 heterocycles. The molecular weight excluding hydrogens is 551 g/mol. The molecule has 5 rings (SSSR count). The lowest BCUT2D eigenvalue weighted by Gasteiger charge is -2.44. The van der Waals surface area contributed by atoms with Crippen molar-refractivity contribution in [2.75, 3.05) is 26.7 Å². The van der Waals surface area contributed by atoms with E-state index < -0.39 is 10.8 Å². The Bertz CT molecular complexity index is 1380. The van der Waals surface area contributed by atoms with Gasteiger partial charge in [0.25, 0.3) is 0 Å². The van der Waals surface area contributed by atoms with Crippen LogP contribution in [0.5, 0.6) is 5.75 Å². The number of rotatable bonds is 9. The van der Waals surface area contributed by atoms with E-state index in [2.05, 4.69) is 0 Å².